The van der Waals surface area contributed by atoms with E-state index in [1.807, 2.05) is 0 Å². The van der Waals surface area contributed by atoms with E-state index in [2.05, 4.69) is 14.9 Å². The van der Waals surface area contributed by atoms with Crippen molar-refractivity contribution < 1.29 is 4.79 Å². The Morgan fingerprint density at radius 2 is 2.12 bits per heavy atom. The molecule has 1 amide bonds. The quantitative estimate of drug-likeness (QED) is 0.869. The molecule has 0 radical (unpaired) electrons. The van der Waals surface area contributed by atoms with Crippen molar-refractivity contribution in [2.24, 2.45) is 11.8 Å². The van der Waals surface area contributed by atoms with Gasteiger partial charge in [-0.2, -0.15) is 0 Å². The first-order chi connectivity index (χ1) is 7.84. The monoisotopic (exact) mass is 237 g/mol. The molecule has 2 aliphatic rings. The van der Waals surface area contributed by atoms with Gasteiger partial charge in [-0.05, 0) is 49.1 Å². The lowest BCUT2D eigenvalue weighted by molar-refractivity contribution is 0.0883. The zero-order chi connectivity index (χ0) is 11.0. The van der Waals surface area contributed by atoms with Crippen LogP contribution in [0.3, 0.4) is 0 Å². The van der Waals surface area contributed by atoms with Gasteiger partial charge in [0.1, 0.15) is 0 Å². The number of hydrogen-bond acceptors (Lipinski definition) is 4. The van der Waals surface area contributed by atoms with Crippen molar-refractivity contribution in [1.29, 1.82) is 0 Å². The highest BCUT2D eigenvalue weighted by Gasteiger charge is 2.39. The second-order valence-electron chi connectivity index (χ2n) is 4.82. The number of nitrogens with one attached hydrogen (secondary N) is 1. The Kier molecular flexibility index (Phi) is 2.63. The number of nitrogens with zero attached hydrogens (tertiary/aromatic N) is 2. The van der Waals surface area contributed by atoms with E-state index in [1.165, 1.54) is 43.6 Å². The molecular weight excluding hydrogens is 222 g/mol. The van der Waals surface area contributed by atoms with Crippen LogP contribution >= 0.6 is 11.5 Å². The normalized spacial score (nSPS) is 22.5. The summed E-state index contributed by atoms with van der Waals surface area (Å²) >= 11 is 1.23. The SMILES string of the molecule is O=C(NC(C1CCC1)C1CC1)c1csnn1. The zero-order valence-corrected chi connectivity index (χ0v) is 9.87. The first-order valence-electron chi connectivity index (χ1n) is 5.92. The fourth-order valence-electron chi connectivity index (χ4n) is 2.36. The predicted molar refractivity (Wildman–Crippen MR) is 61.2 cm³/mol. The fourth-order valence-corrected chi connectivity index (χ4v) is 2.80. The summed E-state index contributed by atoms with van der Waals surface area (Å²) in [6.45, 7) is 0. The minimum atomic E-state index is -0.0439. The largest absolute Gasteiger partial charge is 0.347 e. The van der Waals surface area contributed by atoms with Crippen molar-refractivity contribution in [1.82, 2.24) is 14.9 Å². The Labute approximate surface area is 98.6 Å². The summed E-state index contributed by atoms with van der Waals surface area (Å²) in [7, 11) is 0. The lowest BCUT2D eigenvalue weighted by atomic mass is 9.78. The Balaban J connectivity index is 1.64. The summed E-state index contributed by atoms with van der Waals surface area (Å²) in [4.78, 5) is 11.9. The average Bonchev–Trinajstić information content (AvgIpc) is 2.89. The molecule has 1 aromatic heterocycles. The lowest BCUT2D eigenvalue weighted by Gasteiger charge is -2.34. The van der Waals surface area contributed by atoms with E-state index in [0.717, 1.165) is 5.92 Å². The van der Waals surface area contributed by atoms with Crippen LogP contribution in [0.1, 0.15) is 42.6 Å². The van der Waals surface area contributed by atoms with Gasteiger partial charge in [0.05, 0.1) is 0 Å². The van der Waals surface area contributed by atoms with E-state index >= 15 is 0 Å². The van der Waals surface area contributed by atoms with Gasteiger partial charge in [-0.25, -0.2) is 0 Å². The molecule has 0 saturated heterocycles. The first-order valence-corrected chi connectivity index (χ1v) is 6.76. The van der Waals surface area contributed by atoms with Crippen molar-refractivity contribution in [2.45, 2.75) is 38.1 Å². The van der Waals surface area contributed by atoms with Gasteiger partial charge in [-0.15, -0.1) is 5.10 Å². The molecule has 86 valence electrons. The van der Waals surface area contributed by atoms with Gasteiger partial charge in [-0.1, -0.05) is 10.9 Å². The number of aromatic nitrogens is 2. The third-order valence-electron chi connectivity index (χ3n) is 3.68. The molecule has 0 bridgehead atoms. The average molecular weight is 237 g/mol. The molecule has 1 unspecified atom stereocenters. The molecule has 1 atom stereocenters. The van der Waals surface area contributed by atoms with Gasteiger partial charge in [0.2, 0.25) is 0 Å². The van der Waals surface area contributed by atoms with E-state index in [-0.39, 0.29) is 5.91 Å². The molecule has 0 aromatic carbocycles. The van der Waals surface area contributed by atoms with Crippen LogP contribution in [0, 0.1) is 11.8 Å². The second kappa shape index (κ2) is 4.13. The summed E-state index contributed by atoms with van der Waals surface area (Å²) in [5, 5.41) is 8.67. The molecule has 16 heavy (non-hydrogen) atoms. The fraction of sp³-hybridized carbons (Fsp3) is 0.727. The molecule has 2 fully saturated rings. The van der Waals surface area contributed by atoms with Crippen LogP contribution < -0.4 is 5.32 Å². The minimum Gasteiger partial charge on any atom is -0.347 e. The highest BCUT2D eigenvalue weighted by Crippen LogP contribution is 2.42. The third kappa shape index (κ3) is 1.96. The summed E-state index contributed by atoms with van der Waals surface area (Å²) in [6, 6.07) is 0.392. The maximum atomic E-state index is 11.9. The molecule has 1 heterocycles. The van der Waals surface area contributed by atoms with Crippen molar-refractivity contribution in [3.05, 3.63) is 11.1 Å². The highest BCUT2D eigenvalue weighted by atomic mass is 32.1. The molecular formula is C11H15N3OS. The number of rotatable bonds is 4. The van der Waals surface area contributed by atoms with Gasteiger partial charge < -0.3 is 5.32 Å². The minimum absolute atomic E-state index is 0.0439. The standard InChI is InChI=1S/C11H15N3OS/c15-11(9-6-16-14-13-9)12-10(8-4-5-8)7-2-1-3-7/h6-8,10H,1-5H2,(H,12,15). The van der Waals surface area contributed by atoms with Gasteiger partial charge in [0.15, 0.2) is 5.69 Å². The van der Waals surface area contributed by atoms with Crippen molar-refractivity contribution in [3.63, 3.8) is 0 Å². The maximum absolute atomic E-state index is 11.9. The molecule has 3 rings (SSSR count). The van der Waals surface area contributed by atoms with Crippen molar-refractivity contribution in [2.75, 3.05) is 0 Å². The highest BCUT2D eigenvalue weighted by molar-refractivity contribution is 7.03. The van der Waals surface area contributed by atoms with Crippen LogP contribution in [0.25, 0.3) is 0 Å². The van der Waals surface area contributed by atoms with Crippen LogP contribution in [0.4, 0.5) is 0 Å². The Morgan fingerprint density at radius 1 is 1.38 bits per heavy atom. The van der Waals surface area contributed by atoms with Crippen molar-refractivity contribution >= 4 is 17.4 Å². The summed E-state index contributed by atoms with van der Waals surface area (Å²) in [5.74, 6) is 1.39. The van der Waals surface area contributed by atoms with Gasteiger partial charge in [0.25, 0.3) is 5.91 Å². The lowest BCUT2D eigenvalue weighted by Crippen LogP contribution is -2.44. The van der Waals surface area contributed by atoms with E-state index in [9.17, 15) is 4.79 Å². The number of carbonyl (C=O) groups is 1. The van der Waals surface area contributed by atoms with E-state index < -0.39 is 0 Å². The molecule has 0 spiro atoms. The van der Waals surface area contributed by atoms with Crippen LogP contribution in [0.2, 0.25) is 0 Å². The van der Waals surface area contributed by atoms with E-state index in [0.29, 0.717) is 17.7 Å². The Hall–Kier alpha value is -0.970. The third-order valence-corrected chi connectivity index (χ3v) is 4.18. The van der Waals surface area contributed by atoms with Crippen LogP contribution in [0.5, 0.6) is 0 Å². The molecule has 2 aliphatic carbocycles. The van der Waals surface area contributed by atoms with Crippen LogP contribution in [-0.2, 0) is 0 Å². The molecule has 2 saturated carbocycles. The topological polar surface area (TPSA) is 54.9 Å². The predicted octanol–water partition coefficient (Wildman–Crippen LogP) is 1.85. The number of carbonyl (C=O) groups excluding carboxylic acids is 1. The molecule has 1 N–H and O–H groups in total. The van der Waals surface area contributed by atoms with Gasteiger partial charge in [-0.3, -0.25) is 4.79 Å². The summed E-state index contributed by atoms with van der Waals surface area (Å²) < 4.78 is 3.72. The Morgan fingerprint density at radius 3 is 2.62 bits per heavy atom. The van der Waals surface area contributed by atoms with E-state index in [1.54, 1.807) is 5.38 Å². The zero-order valence-electron chi connectivity index (χ0n) is 9.06. The van der Waals surface area contributed by atoms with Crippen LogP contribution in [-0.4, -0.2) is 21.5 Å². The van der Waals surface area contributed by atoms with Gasteiger partial charge >= 0.3 is 0 Å². The smallest absolute Gasteiger partial charge is 0.272 e. The summed E-state index contributed by atoms with van der Waals surface area (Å²) in [5.41, 5.74) is 0.468. The molecule has 1 aromatic rings. The first kappa shape index (κ1) is 10.2. The molecule has 4 nitrogen and oxygen atoms in total. The summed E-state index contributed by atoms with van der Waals surface area (Å²) in [6.07, 6.45) is 6.42. The second-order valence-corrected chi connectivity index (χ2v) is 5.43. The maximum Gasteiger partial charge on any atom is 0.272 e. The van der Waals surface area contributed by atoms with Crippen molar-refractivity contribution in [3.8, 4) is 0 Å². The number of hydrogen-bond donors (Lipinski definition) is 1. The molecule has 5 heteroatoms. The Bertz CT molecular complexity index is 371. The van der Waals surface area contributed by atoms with Crippen LogP contribution in [0.15, 0.2) is 5.38 Å². The number of amides is 1. The van der Waals surface area contributed by atoms with E-state index in [4.69, 9.17) is 0 Å². The molecule has 0 aliphatic heterocycles. The van der Waals surface area contributed by atoms with Gasteiger partial charge in [0, 0.05) is 11.4 Å².